The third-order valence-electron chi connectivity index (χ3n) is 5.18. The average molecular weight is 496 g/mol. The molecule has 3 aromatic carbocycles. The Balaban J connectivity index is 1.86. The van der Waals surface area contributed by atoms with Crippen molar-refractivity contribution in [3.8, 4) is 5.75 Å². The minimum Gasteiger partial charge on any atom is -0.457 e. The molecule has 0 fully saturated rings. The molecule has 35 heavy (non-hydrogen) atoms. The van der Waals surface area contributed by atoms with Gasteiger partial charge in [0.1, 0.15) is 12.4 Å². The van der Waals surface area contributed by atoms with Crippen LogP contribution in [0, 0.1) is 6.92 Å². The fourth-order valence-electron chi connectivity index (χ4n) is 3.33. The normalized spacial score (nSPS) is 11.0. The Morgan fingerprint density at radius 2 is 1.69 bits per heavy atom. The van der Waals surface area contributed by atoms with E-state index >= 15 is 0 Å². The summed E-state index contributed by atoms with van der Waals surface area (Å²) in [5, 5.41) is 0. The van der Waals surface area contributed by atoms with E-state index in [1.165, 1.54) is 30.3 Å². The zero-order valence-electron chi connectivity index (χ0n) is 19.8. The summed E-state index contributed by atoms with van der Waals surface area (Å²) >= 11 is 0. The van der Waals surface area contributed by atoms with Gasteiger partial charge in [0, 0.05) is 6.42 Å². The Hall–Kier alpha value is -3.65. The lowest BCUT2D eigenvalue weighted by Crippen LogP contribution is -2.17. The smallest absolute Gasteiger partial charge is 0.340 e. The second-order valence-electron chi connectivity index (χ2n) is 8.12. The number of rotatable bonds is 11. The summed E-state index contributed by atoms with van der Waals surface area (Å²) in [7, 11) is -3.98. The van der Waals surface area contributed by atoms with Crippen LogP contribution < -0.4 is 9.46 Å². The molecule has 0 aliphatic heterocycles. The molecule has 1 N–H and O–H groups in total. The Labute approximate surface area is 206 Å². The van der Waals surface area contributed by atoms with Crippen molar-refractivity contribution in [1.29, 1.82) is 0 Å². The van der Waals surface area contributed by atoms with Crippen LogP contribution in [0.5, 0.6) is 5.75 Å². The number of sulfonamides is 1. The number of nitrogens with one attached hydrogen (secondary N) is 1. The highest BCUT2D eigenvalue weighted by atomic mass is 32.2. The molecule has 0 aliphatic carbocycles. The van der Waals surface area contributed by atoms with Gasteiger partial charge >= 0.3 is 11.9 Å². The predicted molar refractivity (Wildman–Crippen MR) is 134 cm³/mol. The molecule has 0 heterocycles. The molecule has 0 unspecified atom stereocenters. The van der Waals surface area contributed by atoms with Crippen LogP contribution in [0.1, 0.15) is 54.1 Å². The maximum absolute atomic E-state index is 13.0. The van der Waals surface area contributed by atoms with Gasteiger partial charge in [-0.3, -0.25) is 9.52 Å². The van der Waals surface area contributed by atoms with Crippen LogP contribution in [0.3, 0.4) is 0 Å². The number of ether oxygens (including phenoxy) is 2. The van der Waals surface area contributed by atoms with Crippen molar-refractivity contribution in [2.45, 2.75) is 51.0 Å². The van der Waals surface area contributed by atoms with Crippen LogP contribution in [0.25, 0.3) is 0 Å². The van der Waals surface area contributed by atoms with Gasteiger partial charge in [0.2, 0.25) is 0 Å². The number of hydrogen-bond donors (Lipinski definition) is 1. The fraction of sp³-hybridized carbons (Fsp3) is 0.259. The largest absolute Gasteiger partial charge is 0.457 e. The summed E-state index contributed by atoms with van der Waals surface area (Å²) in [4.78, 5) is 25.2. The summed E-state index contributed by atoms with van der Waals surface area (Å²) in [5.41, 5.74) is 1.52. The maximum atomic E-state index is 13.0. The molecule has 0 aliphatic rings. The Kier molecular flexibility index (Phi) is 9.03. The van der Waals surface area contributed by atoms with E-state index in [1.54, 1.807) is 19.1 Å². The van der Waals surface area contributed by atoms with E-state index < -0.39 is 22.0 Å². The molecule has 3 rings (SSSR count). The van der Waals surface area contributed by atoms with E-state index in [-0.39, 0.29) is 34.9 Å². The number of hydrogen-bond acceptors (Lipinski definition) is 6. The number of anilines is 1. The van der Waals surface area contributed by atoms with Crippen LogP contribution >= 0.6 is 0 Å². The molecule has 8 heteroatoms. The third-order valence-corrected chi connectivity index (χ3v) is 6.55. The van der Waals surface area contributed by atoms with Gasteiger partial charge in [-0.05, 0) is 54.8 Å². The van der Waals surface area contributed by atoms with Gasteiger partial charge in [0.25, 0.3) is 10.0 Å². The lowest BCUT2D eigenvalue weighted by Gasteiger charge is -2.14. The molecule has 0 saturated heterocycles. The van der Waals surface area contributed by atoms with Crippen LogP contribution in [0.2, 0.25) is 0 Å². The predicted octanol–water partition coefficient (Wildman–Crippen LogP) is 5.64. The Morgan fingerprint density at radius 1 is 0.914 bits per heavy atom. The van der Waals surface area contributed by atoms with Crippen molar-refractivity contribution < 1.29 is 27.5 Å². The maximum Gasteiger partial charge on any atom is 0.340 e. The summed E-state index contributed by atoms with van der Waals surface area (Å²) in [6.45, 7) is 3.83. The van der Waals surface area contributed by atoms with Crippen molar-refractivity contribution in [3.63, 3.8) is 0 Å². The van der Waals surface area contributed by atoms with Crippen LogP contribution in [-0.4, -0.2) is 20.4 Å². The zero-order valence-corrected chi connectivity index (χ0v) is 20.6. The topological polar surface area (TPSA) is 98.8 Å². The summed E-state index contributed by atoms with van der Waals surface area (Å²) < 4.78 is 39.2. The first kappa shape index (κ1) is 26.0. The lowest BCUT2D eigenvalue weighted by atomic mass is 10.1. The van der Waals surface area contributed by atoms with Gasteiger partial charge in [-0.15, -0.1) is 0 Å². The molecule has 0 bridgehead atoms. The second-order valence-corrected chi connectivity index (χ2v) is 9.80. The van der Waals surface area contributed by atoms with Gasteiger partial charge in [-0.1, -0.05) is 62.2 Å². The first-order valence-corrected chi connectivity index (χ1v) is 12.9. The van der Waals surface area contributed by atoms with Gasteiger partial charge in [-0.25, -0.2) is 13.2 Å². The Bertz CT molecular complexity index is 1270. The molecule has 0 amide bonds. The van der Waals surface area contributed by atoms with E-state index in [9.17, 15) is 18.0 Å². The first-order chi connectivity index (χ1) is 16.8. The van der Waals surface area contributed by atoms with Crippen molar-refractivity contribution in [2.24, 2.45) is 0 Å². The highest BCUT2D eigenvalue weighted by Crippen LogP contribution is 2.27. The second kappa shape index (κ2) is 12.2. The van der Waals surface area contributed by atoms with E-state index in [0.29, 0.717) is 6.42 Å². The average Bonchev–Trinajstić information content (AvgIpc) is 2.84. The Morgan fingerprint density at radius 3 is 2.40 bits per heavy atom. The SMILES string of the molecule is CCCCCC(=O)Oc1ccc(NS(=O)(=O)c2cccc(C)c2)c(C(=O)OCc2ccccc2)c1. The van der Waals surface area contributed by atoms with E-state index in [2.05, 4.69) is 4.72 Å². The third kappa shape index (κ3) is 7.68. The molecule has 0 atom stereocenters. The number of aryl methyl sites for hydroxylation is 1. The van der Waals surface area contributed by atoms with Gasteiger partial charge in [0.15, 0.2) is 0 Å². The summed E-state index contributed by atoms with van der Waals surface area (Å²) in [6.07, 6.45) is 2.84. The van der Waals surface area contributed by atoms with Crippen molar-refractivity contribution in [3.05, 3.63) is 89.5 Å². The number of unbranched alkanes of at least 4 members (excludes halogenated alkanes) is 2. The fourth-order valence-corrected chi connectivity index (χ4v) is 4.52. The molecule has 184 valence electrons. The van der Waals surface area contributed by atoms with Crippen LogP contribution in [-0.2, 0) is 26.2 Å². The number of carbonyl (C=O) groups excluding carboxylic acids is 2. The highest BCUT2D eigenvalue weighted by molar-refractivity contribution is 7.92. The van der Waals surface area contributed by atoms with E-state index in [4.69, 9.17) is 9.47 Å². The highest BCUT2D eigenvalue weighted by Gasteiger charge is 2.21. The minimum absolute atomic E-state index is 0.00474. The minimum atomic E-state index is -3.98. The van der Waals surface area contributed by atoms with E-state index in [1.807, 2.05) is 37.3 Å². The van der Waals surface area contributed by atoms with Crippen molar-refractivity contribution >= 4 is 27.6 Å². The first-order valence-electron chi connectivity index (χ1n) is 11.4. The van der Waals surface area contributed by atoms with E-state index in [0.717, 1.165) is 24.0 Å². The van der Waals surface area contributed by atoms with Crippen molar-refractivity contribution in [2.75, 3.05) is 4.72 Å². The lowest BCUT2D eigenvalue weighted by molar-refractivity contribution is -0.134. The molecule has 0 radical (unpaired) electrons. The molecule has 7 nitrogen and oxygen atoms in total. The monoisotopic (exact) mass is 495 g/mol. The molecular weight excluding hydrogens is 466 g/mol. The molecule has 0 spiro atoms. The number of esters is 2. The molecular formula is C27H29NO6S. The number of benzene rings is 3. The zero-order chi connectivity index (χ0) is 25.3. The molecule has 0 aromatic heterocycles. The molecule has 0 saturated carbocycles. The molecule has 3 aromatic rings. The summed E-state index contributed by atoms with van der Waals surface area (Å²) in [6, 6.07) is 19.7. The van der Waals surface area contributed by atoms with Crippen molar-refractivity contribution in [1.82, 2.24) is 0 Å². The standard InChI is InChI=1S/C27H29NO6S/c1-3-4-6-14-26(29)34-22-15-16-25(28-35(31,32)23-13-9-10-20(2)17-23)24(18-22)27(30)33-19-21-11-7-5-8-12-21/h5,7-13,15-18,28H,3-4,6,14,19H2,1-2H3. The van der Waals surface area contributed by atoms with Crippen LogP contribution in [0.15, 0.2) is 77.7 Å². The number of carbonyl (C=O) groups is 2. The van der Waals surface area contributed by atoms with Gasteiger partial charge in [-0.2, -0.15) is 0 Å². The van der Waals surface area contributed by atoms with Gasteiger partial charge < -0.3 is 9.47 Å². The van der Waals surface area contributed by atoms with Gasteiger partial charge in [0.05, 0.1) is 16.1 Å². The van der Waals surface area contributed by atoms with Crippen LogP contribution in [0.4, 0.5) is 5.69 Å². The quantitative estimate of drug-likeness (QED) is 0.210. The summed E-state index contributed by atoms with van der Waals surface area (Å²) in [5.74, 6) is -1.04.